The molecular weight excluding hydrogens is 365 g/mol. The van der Waals surface area contributed by atoms with Gasteiger partial charge < -0.3 is 15.1 Å². The Kier molecular flexibility index (Phi) is 5.26. The summed E-state index contributed by atoms with van der Waals surface area (Å²) in [6, 6.07) is 10.9. The molecule has 0 radical (unpaired) electrons. The minimum atomic E-state index is -1.13. The highest BCUT2D eigenvalue weighted by atomic mass is 19.1. The van der Waals surface area contributed by atoms with Crippen molar-refractivity contribution in [1.82, 2.24) is 4.90 Å². The van der Waals surface area contributed by atoms with E-state index in [-0.39, 0.29) is 24.3 Å². The molecular formula is C21H18FNO5. The predicted molar refractivity (Wildman–Crippen MR) is 98.8 cm³/mol. The summed E-state index contributed by atoms with van der Waals surface area (Å²) in [5, 5.41) is 19.7. The van der Waals surface area contributed by atoms with Gasteiger partial charge in [0.25, 0.3) is 11.7 Å². The van der Waals surface area contributed by atoms with Gasteiger partial charge in [-0.25, -0.2) is 4.39 Å². The number of aliphatic carboxylic acids is 1. The zero-order chi connectivity index (χ0) is 20.4. The standard InChI is InChI=1S/C21H18FNO5/c1-12-2-4-14(5-3-12)19(26)17-18(13-6-8-15(22)9-7-13)23(11-10-16(24)25)21(28)20(17)27/h2-9,18,26H,10-11H2,1H3,(H,24,25). The molecule has 1 heterocycles. The Balaban J connectivity index is 2.14. The molecule has 2 N–H and O–H groups in total. The zero-order valence-corrected chi connectivity index (χ0v) is 15.1. The number of halogens is 1. The summed E-state index contributed by atoms with van der Waals surface area (Å²) in [7, 11) is 0. The molecule has 144 valence electrons. The van der Waals surface area contributed by atoms with Crippen LogP contribution in [0.15, 0.2) is 54.1 Å². The van der Waals surface area contributed by atoms with Crippen LogP contribution in [0.5, 0.6) is 0 Å². The second kappa shape index (κ2) is 7.64. The molecule has 7 heteroatoms. The summed E-state index contributed by atoms with van der Waals surface area (Å²) in [6.45, 7) is 1.65. The number of Topliss-reactive ketones (excluding diaryl/α,β-unsaturated/α-hetero) is 1. The molecule has 1 saturated heterocycles. The van der Waals surface area contributed by atoms with Crippen LogP contribution < -0.4 is 0 Å². The second-order valence-corrected chi connectivity index (χ2v) is 6.55. The van der Waals surface area contributed by atoms with E-state index in [1.54, 1.807) is 24.3 Å². The first-order valence-electron chi connectivity index (χ1n) is 8.62. The minimum Gasteiger partial charge on any atom is -0.507 e. The molecule has 0 saturated carbocycles. The van der Waals surface area contributed by atoms with Gasteiger partial charge in [-0.2, -0.15) is 0 Å². The highest BCUT2D eigenvalue weighted by Gasteiger charge is 2.46. The molecule has 1 aliphatic rings. The first-order chi connectivity index (χ1) is 13.3. The van der Waals surface area contributed by atoms with Crippen molar-refractivity contribution >= 4 is 23.4 Å². The molecule has 0 spiro atoms. The third kappa shape index (κ3) is 3.64. The third-order valence-corrected chi connectivity index (χ3v) is 4.62. The lowest BCUT2D eigenvalue weighted by Crippen LogP contribution is -2.31. The van der Waals surface area contributed by atoms with Gasteiger partial charge in [-0.3, -0.25) is 14.4 Å². The first-order valence-corrected chi connectivity index (χ1v) is 8.62. The van der Waals surface area contributed by atoms with E-state index in [1.165, 1.54) is 24.3 Å². The number of hydrogen-bond donors (Lipinski definition) is 2. The molecule has 0 aliphatic carbocycles. The number of rotatable bonds is 5. The number of benzene rings is 2. The number of carboxylic acids is 1. The number of likely N-dealkylation sites (tertiary alicyclic amines) is 1. The molecule has 0 bridgehead atoms. The Morgan fingerprint density at radius 2 is 1.64 bits per heavy atom. The third-order valence-electron chi connectivity index (χ3n) is 4.62. The number of hydrogen-bond acceptors (Lipinski definition) is 4. The molecule has 2 aromatic carbocycles. The van der Waals surface area contributed by atoms with Crippen LogP contribution in [0.2, 0.25) is 0 Å². The molecule has 1 fully saturated rings. The van der Waals surface area contributed by atoms with Gasteiger partial charge in [0.05, 0.1) is 18.0 Å². The fourth-order valence-corrected chi connectivity index (χ4v) is 3.19. The molecule has 0 aromatic heterocycles. The van der Waals surface area contributed by atoms with Gasteiger partial charge >= 0.3 is 5.97 Å². The number of aliphatic hydroxyl groups excluding tert-OH is 1. The molecule has 1 unspecified atom stereocenters. The van der Waals surface area contributed by atoms with Crippen molar-refractivity contribution in [2.24, 2.45) is 0 Å². The van der Waals surface area contributed by atoms with Crippen LogP contribution in [0, 0.1) is 12.7 Å². The lowest BCUT2D eigenvalue weighted by atomic mass is 9.95. The largest absolute Gasteiger partial charge is 0.507 e. The normalized spacial score (nSPS) is 18.5. The Labute approximate surface area is 160 Å². The fourth-order valence-electron chi connectivity index (χ4n) is 3.19. The molecule has 3 rings (SSSR count). The highest BCUT2D eigenvalue weighted by Crippen LogP contribution is 2.39. The summed E-state index contributed by atoms with van der Waals surface area (Å²) >= 11 is 0. The summed E-state index contributed by atoms with van der Waals surface area (Å²) in [5.74, 6) is -3.78. The van der Waals surface area contributed by atoms with Crippen LogP contribution in [-0.4, -0.2) is 39.3 Å². The van der Waals surface area contributed by atoms with Crippen molar-refractivity contribution in [2.75, 3.05) is 6.54 Å². The molecule has 1 amide bonds. The van der Waals surface area contributed by atoms with Crippen molar-refractivity contribution in [2.45, 2.75) is 19.4 Å². The zero-order valence-electron chi connectivity index (χ0n) is 15.1. The van der Waals surface area contributed by atoms with Crippen LogP contribution in [0.25, 0.3) is 5.76 Å². The maximum absolute atomic E-state index is 13.3. The topological polar surface area (TPSA) is 94.9 Å². The Morgan fingerprint density at radius 3 is 2.21 bits per heavy atom. The highest BCUT2D eigenvalue weighted by molar-refractivity contribution is 6.46. The summed E-state index contributed by atoms with van der Waals surface area (Å²) in [5.41, 5.74) is 1.56. The van der Waals surface area contributed by atoms with Gasteiger partial charge in [0, 0.05) is 12.1 Å². The number of carboxylic acid groups (broad SMARTS) is 1. The smallest absolute Gasteiger partial charge is 0.305 e. The average Bonchev–Trinajstić information content (AvgIpc) is 2.91. The average molecular weight is 383 g/mol. The number of amides is 1. The number of ketones is 1. The Morgan fingerprint density at radius 1 is 1.04 bits per heavy atom. The van der Waals surface area contributed by atoms with Crippen LogP contribution in [0.3, 0.4) is 0 Å². The Bertz CT molecular complexity index is 963. The van der Waals surface area contributed by atoms with Crippen LogP contribution in [0.1, 0.15) is 29.2 Å². The number of carbonyl (C=O) groups excluding carboxylic acids is 2. The van der Waals surface area contributed by atoms with Crippen molar-refractivity contribution in [1.29, 1.82) is 0 Å². The fraction of sp³-hybridized carbons (Fsp3) is 0.190. The SMILES string of the molecule is Cc1ccc(C(O)=C2C(=O)C(=O)N(CCC(=O)O)C2c2ccc(F)cc2)cc1. The summed E-state index contributed by atoms with van der Waals surface area (Å²) < 4.78 is 13.3. The van der Waals surface area contributed by atoms with E-state index in [0.717, 1.165) is 10.5 Å². The van der Waals surface area contributed by atoms with Crippen molar-refractivity contribution in [3.8, 4) is 0 Å². The number of carbonyl (C=O) groups is 3. The van der Waals surface area contributed by atoms with E-state index in [0.29, 0.717) is 11.1 Å². The van der Waals surface area contributed by atoms with Crippen LogP contribution >= 0.6 is 0 Å². The van der Waals surface area contributed by atoms with Crippen LogP contribution in [-0.2, 0) is 14.4 Å². The molecule has 1 aliphatic heterocycles. The summed E-state index contributed by atoms with van der Waals surface area (Å²) in [6.07, 6.45) is -0.366. The lowest BCUT2D eigenvalue weighted by molar-refractivity contribution is -0.142. The van der Waals surface area contributed by atoms with E-state index < -0.39 is 29.5 Å². The van der Waals surface area contributed by atoms with Gasteiger partial charge in [0.15, 0.2) is 0 Å². The first kappa shape index (κ1) is 19.3. The predicted octanol–water partition coefficient (Wildman–Crippen LogP) is 3.03. The van der Waals surface area contributed by atoms with E-state index in [4.69, 9.17) is 5.11 Å². The molecule has 28 heavy (non-hydrogen) atoms. The Hall–Kier alpha value is -3.48. The van der Waals surface area contributed by atoms with E-state index >= 15 is 0 Å². The second-order valence-electron chi connectivity index (χ2n) is 6.55. The van der Waals surface area contributed by atoms with Gasteiger partial charge in [0.2, 0.25) is 0 Å². The number of nitrogens with zero attached hydrogens (tertiary/aromatic N) is 1. The maximum atomic E-state index is 13.3. The molecule has 6 nitrogen and oxygen atoms in total. The minimum absolute atomic E-state index is 0.147. The van der Waals surface area contributed by atoms with Crippen molar-refractivity contribution in [3.05, 3.63) is 76.6 Å². The van der Waals surface area contributed by atoms with Crippen molar-refractivity contribution < 1.29 is 29.0 Å². The van der Waals surface area contributed by atoms with Gasteiger partial charge in [-0.05, 0) is 24.6 Å². The van der Waals surface area contributed by atoms with E-state index in [9.17, 15) is 23.9 Å². The van der Waals surface area contributed by atoms with E-state index in [1.807, 2.05) is 6.92 Å². The maximum Gasteiger partial charge on any atom is 0.305 e. The van der Waals surface area contributed by atoms with E-state index in [2.05, 4.69) is 0 Å². The molecule has 2 aromatic rings. The van der Waals surface area contributed by atoms with Gasteiger partial charge in [-0.1, -0.05) is 42.0 Å². The monoisotopic (exact) mass is 383 g/mol. The van der Waals surface area contributed by atoms with Gasteiger partial charge in [-0.15, -0.1) is 0 Å². The lowest BCUT2D eigenvalue weighted by Gasteiger charge is -2.24. The van der Waals surface area contributed by atoms with Crippen LogP contribution in [0.4, 0.5) is 4.39 Å². The summed E-state index contributed by atoms with van der Waals surface area (Å²) in [4.78, 5) is 37.3. The number of aryl methyl sites for hydroxylation is 1. The van der Waals surface area contributed by atoms with Crippen molar-refractivity contribution in [3.63, 3.8) is 0 Å². The van der Waals surface area contributed by atoms with Gasteiger partial charge in [0.1, 0.15) is 11.6 Å². The quantitative estimate of drug-likeness (QED) is 0.470. The number of aliphatic hydroxyl groups is 1. The molecule has 1 atom stereocenters.